The van der Waals surface area contributed by atoms with Gasteiger partial charge in [-0.25, -0.2) is 12.7 Å². The zero-order chi connectivity index (χ0) is 9.47. The monoisotopic (exact) mass is 203 g/mol. The molecular weight excluding hydrogens is 186 g/mol. The van der Waals surface area contributed by atoms with Crippen molar-refractivity contribution in [2.45, 2.75) is 37.9 Å². The summed E-state index contributed by atoms with van der Waals surface area (Å²) in [5, 5.41) is -0.0269. The van der Waals surface area contributed by atoms with E-state index in [2.05, 4.69) is 6.92 Å². The molecule has 13 heavy (non-hydrogen) atoms. The molecule has 0 atom stereocenters. The number of nitrogens with zero attached hydrogens (tertiary/aromatic N) is 1. The first kappa shape index (κ1) is 9.46. The van der Waals surface area contributed by atoms with Gasteiger partial charge in [0.25, 0.3) is 0 Å². The van der Waals surface area contributed by atoms with Gasteiger partial charge in [0.2, 0.25) is 10.0 Å². The van der Waals surface area contributed by atoms with Crippen molar-refractivity contribution < 1.29 is 8.42 Å². The number of hydrogen-bond acceptors (Lipinski definition) is 2. The number of hydrogen-bond donors (Lipinski definition) is 0. The lowest BCUT2D eigenvalue weighted by molar-refractivity contribution is 0.287. The van der Waals surface area contributed by atoms with Crippen LogP contribution in [0.4, 0.5) is 0 Å². The second-order valence-electron chi connectivity index (χ2n) is 4.33. The van der Waals surface area contributed by atoms with Crippen LogP contribution in [0.5, 0.6) is 0 Å². The highest BCUT2D eigenvalue weighted by Crippen LogP contribution is 2.32. The molecule has 0 unspecified atom stereocenters. The van der Waals surface area contributed by atoms with Gasteiger partial charge < -0.3 is 0 Å². The summed E-state index contributed by atoms with van der Waals surface area (Å²) in [4.78, 5) is 0. The molecule has 0 aromatic carbocycles. The first-order valence-corrected chi connectivity index (χ1v) is 6.60. The van der Waals surface area contributed by atoms with Gasteiger partial charge in [0.15, 0.2) is 0 Å². The maximum atomic E-state index is 11.8. The van der Waals surface area contributed by atoms with E-state index >= 15 is 0 Å². The van der Waals surface area contributed by atoms with E-state index in [0.29, 0.717) is 5.92 Å². The molecule has 0 spiro atoms. The summed E-state index contributed by atoms with van der Waals surface area (Å²) in [6, 6.07) is 0. The second-order valence-corrected chi connectivity index (χ2v) is 6.54. The lowest BCUT2D eigenvalue weighted by Crippen LogP contribution is -2.39. The fourth-order valence-electron chi connectivity index (χ4n) is 1.82. The Morgan fingerprint density at radius 1 is 1.08 bits per heavy atom. The van der Waals surface area contributed by atoms with E-state index in [-0.39, 0.29) is 5.25 Å². The zero-order valence-electron chi connectivity index (χ0n) is 8.07. The Hall–Kier alpha value is -0.0900. The van der Waals surface area contributed by atoms with Crippen molar-refractivity contribution in [3.8, 4) is 0 Å². The molecule has 4 heteroatoms. The van der Waals surface area contributed by atoms with Gasteiger partial charge in [-0.05, 0) is 31.6 Å². The molecule has 0 aromatic rings. The van der Waals surface area contributed by atoms with Crippen molar-refractivity contribution in [3.05, 3.63) is 0 Å². The average Bonchev–Trinajstić information content (AvgIpc) is 2.87. The minimum atomic E-state index is -2.88. The SMILES string of the molecule is CC1CCN(S(=O)(=O)C2CC2)CC1. The smallest absolute Gasteiger partial charge is 0.212 e. The van der Waals surface area contributed by atoms with Crippen LogP contribution in [0.15, 0.2) is 0 Å². The van der Waals surface area contributed by atoms with E-state index in [1.807, 2.05) is 0 Å². The van der Waals surface area contributed by atoms with Gasteiger partial charge in [0.05, 0.1) is 5.25 Å². The van der Waals surface area contributed by atoms with Gasteiger partial charge in [0.1, 0.15) is 0 Å². The van der Waals surface area contributed by atoms with Crippen LogP contribution in [0.2, 0.25) is 0 Å². The molecule has 0 radical (unpaired) electrons. The van der Waals surface area contributed by atoms with Gasteiger partial charge in [-0.3, -0.25) is 0 Å². The number of rotatable bonds is 2. The van der Waals surface area contributed by atoms with Crippen LogP contribution in [0.3, 0.4) is 0 Å². The molecule has 0 aromatic heterocycles. The first-order valence-electron chi connectivity index (χ1n) is 5.09. The highest BCUT2D eigenvalue weighted by molar-refractivity contribution is 7.90. The topological polar surface area (TPSA) is 37.4 Å². The molecule has 3 nitrogen and oxygen atoms in total. The standard InChI is InChI=1S/C9H17NO2S/c1-8-4-6-10(7-5-8)13(11,12)9-2-3-9/h8-9H,2-7H2,1H3. The predicted molar refractivity (Wildman–Crippen MR) is 51.9 cm³/mol. The van der Waals surface area contributed by atoms with Gasteiger partial charge in [-0.2, -0.15) is 0 Å². The fraction of sp³-hybridized carbons (Fsp3) is 1.00. The van der Waals surface area contributed by atoms with E-state index in [9.17, 15) is 8.42 Å². The molecule has 0 bridgehead atoms. The molecule has 0 amide bonds. The Kier molecular flexibility index (Phi) is 2.36. The van der Waals surface area contributed by atoms with E-state index in [4.69, 9.17) is 0 Å². The Bertz CT molecular complexity index is 274. The Morgan fingerprint density at radius 3 is 2.08 bits per heavy atom. The summed E-state index contributed by atoms with van der Waals surface area (Å²) in [5.41, 5.74) is 0. The maximum absolute atomic E-state index is 11.8. The lowest BCUT2D eigenvalue weighted by Gasteiger charge is -2.29. The van der Waals surface area contributed by atoms with Gasteiger partial charge in [-0.1, -0.05) is 6.92 Å². The predicted octanol–water partition coefficient (Wildman–Crippen LogP) is 1.21. The van der Waals surface area contributed by atoms with Crippen molar-refractivity contribution in [3.63, 3.8) is 0 Å². The Labute approximate surface area is 80.2 Å². The van der Waals surface area contributed by atoms with Crippen LogP contribution in [0.1, 0.15) is 32.6 Å². The Balaban J connectivity index is 2.01. The second kappa shape index (κ2) is 3.24. The molecule has 2 aliphatic rings. The van der Waals surface area contributed by atoms with Gasteiger partial charge in [0, 0.05) is 13.1 Å². The summed E-state index contributed by atoms with van der Waals surface area (Å²) >= 11 is 0. The van der Waals surface area contributed by atoms with Crippen LogP contribution in [-0.2, 0) is 10.0 Å². The van der Waals surface area contributed by atoms with Crippen LogP contribution in [-0.4, -0.2) is 31.1 Å². The van der Waals surface area contributed by atoms with E-state index in [0.717, 1.165) is 38.8 Å². The highest BCUT2D eigenvalue weighted by atomic mass is 32.2. The quantitative estimate of drug-likeness (QED) is 0.676. The van der Waals surface area contributed by atoms with Gasteiger partial charge in [-0.15, -0.1) is 0 Å². The molecular formula is C9H17NO2S. The van der Waals surface area contributed by atoms with Crippen molar-refractivity contribution in [1.29, 1.82) is 0 Å². The summed E-state index contributed by atoms with van der Waals surface area (Å²) in [7, 11) is -2.88. The maximum Gasteiger partial charge on any atom is 0.216 e. The Morgan fingerprint density at radius 2 is 1.62 bits per heavy atom. The first-order chi connectivity index (χ1) is 6.10. The third-order valence-electron chi connectivity index (χ3n) is 3.05. The van der Waals surface area contributed by atoms with Crippen molar-refractivity contribution in [2.24, 2.45) is 5.92 Å². The molecule has 76 valence electrons. The minimum absolute atomic E-state index is 0.0269. The summed E-state index contributed by atoms with van der Waals surface area (Å²) in [5.74, 6) is 0.700. The third kappa shape index (κ3) is 1.89. The average molecular weight is 203 g/mol. The lowest BCUT2D eigenvalue weighted by atomic mass is 10.0. The molecule has 1 heterocycles. The fourth-order valence-corrected chi connectivity index (χ4v) is 3.69. The van der Waals surface area contributed by atoms with Crippen LogP contribution in [0, 0.1) is 5.92 Å². The van der Waals surface area contributed by atoms with E-state index in [1.165, 1.54) is 0 Å². The zero-order valence-corrected chi connectivity index (χ0v) is 8.89. The van der Waals surface area contributed by atoms with Crippen molar-refractivity contribution in [1.82, 2.24) is 4.31 Å². The normalized spacial score (nSPS) is 27.8. The van der Waals surface area contributed by atoms with Crippen molar-refractivity contribution in [2.75, 3.05) is 13.1 Å². The van der Waals surface area contributed by atoms with Crippen molar-refractivity contribution >= 4 is 10.0 Å². The van der Waals surface area contributed by atoms with Crippen LogP contribution < -0.4 is 0 Å². The summed E-state index contributed by atoms with van der Waals surface area (Å²) < 4.78 is 25.3. The van der Waals surface area contributed by atoms with E-state index in [1.54, 1.807) is 4.31 Å². The molecule has 1 aliphatic heterocycles. The van der Waals surface area contributed by atoms with Gasteiger partial charge >= 0.3 is 0 Å². The highest BCUT2D eigenvalue weighted by Gasteiger charge is 2.40. The van der Waals surface area contributed by atoms with Crippen LogP contribution >= 0.6 is 0 Å². The molecule has 2 rings (SSSR count). The van der Waals surface area contributed by atoms with E-state index < -0.39 is 10.0 Å². The summed E-state index contributed by atoms with van der Waals surface area (Å²) in [6.07, 6.45) is 3.83. The molecule has 1 saturated heterocycles. The molecule has 1 aliphatic carbocycles. The van der Waals surface area contributed by atoms with Crippen LogP contribution in [0.25, 0.3) is 0 Å². The third-order valence-corrected chi connectivity index (χ3v) is 5.45. The minimum Gasteiger partial charge on any atom is -0.212 e. The number of piperidine rings is 1. The molecule has 0 N–H and O–H groups in total. The largest absolute Gasteiger partial charge is 0.216 e. The molecule has 1 saturated carbocycles. The molecule has 2 fully saturated rings. The number of sulfonamides is 1. The summed E-state index contributed by atoms with van der Waals surface area (Å²) in [6.45, 7) is 3.70.